The van der Waals surface area contributed by atoms with Crippen LogP contribution in [0.5, 0.6) is 0 Å². The van der Waals surface area contributed by atoms with Gasteiger partial charge in [0.2, 0.25) is 0 Å². The highest BCUT2D eigenvalue weighted by atomic mass is 32.2. The molecular weight excluding hydrogens is 462 g/mol. The highest BCUT2D eigenvalue weighted by Gasteiger charge is 2.15. The zero-order chi connectivity index (χ0) is 23.6. The highest BCUT2D eigenvalue weighted by Crippen LogP contribution is 2.27. The molecule has 1 amide bonds. The van der Waals surface area contributed by atoms with Crippen molar-refractivity contribution in [2.45, 2.75) is 11.8 Å². The van der Waals surface area contributed by atoms with Gasteiger partial charge in [-0.25, -0.2) is 18.2 Å². The first-order chi connectivity index (χ1) is 15.7. The van der Waals surface area contributed by atoms with Gasteiger partial charge in [-0.2, -0.15) is 0 Å². The van der Waals surface area contributed by atoms with Gasteiger partial charge in [-0.15, -0.1) is 0 Å². The van der Waals surface area contributed by atoms with Crippen molar-refractivity contribution in [1.82, 2.24) is 4.98 Å². The number of hydrogen-bond acceptors (Lipinski definition) is 7. The Morgan fingerprint density at radius 2 is 1.61 bits per heavy atom. The summed E-state index contributed by atoms with van der Waals surface area (Å²) in [5.74, 6) is -0.843. The van der Waals surface area contributed by atoms with Gasteiger partial charge in [0.15, 0.2) is 5.13 Å². The number of aromatic nitrogens is 1. The van der Waals surface area contributed by atoms with Crippen LogP contribution >= 0.6 is 11.3 Å². The molecule has 0 bridgehead atoms. The number of nitrogens with one attached hydrogen (secondary N) is 2. The van der Waals surface area contributed by atoms with E-state index in [-0.39, 0.29) is 4.90 Å². The van der Waals surface area contributed by atoms with Crippen molar-refractivity contribution < 1.29 is 22.7 Å². The fourth-order valence-corrected chi connectivity index (χ4v) is 4.97. The topological polar surface area (TPSA) is 114 Å². The standard InChI is InChI=1S/C23H19N3O5S2/c1-14-3-10-18(11-4-14)33(29,30)26-17-8-5-15(6-9-17)21(27)25-23-24-19-12-7-16(22(28)31-2)13-20(19)32-23/h3-13,26H,1-2H3,(H,24,25,27). The minimum Gasteiger partial charge on any atom is -0.465 e. The summed E-state index contributed by atoms with van der Waals surface area (Å²) in [6.07, 6.45) is 0. The fraction of sp³-hybridized carbons (Fsp3) is 0.0870. The number of carbonyl (C=O) groups excluding carboxylic acids is 2. The molecule has 2 N–H and O–H groups in total. The molecule has 1 aromatic heterocycles. The van der Waals surface area contributed by atoms with Crippen molar-refractivity contribution in [2.24, 2.45) is 0 Å². The molecule has 0 radical (unpaired) electrons. The lowest BCUT2D eigenvalue weighted by atomic mass is 10.2. The van der Waals surface area contributed by atoms with Gasteiger partial charge < -0.3 is 4.74 Å². The molecule has 0 saturated carbocycles. The van der Waals surface area contributed by atoms with Gasteiger partial charge >= 0.3 is 5.97 Å². The van der Waals surface area contributed by atoms with Crippen LogP contribution in [0.25, 0.3) is 10.2 Å². The van der Waals surface area contributed by atoms with Gasteiger partial charge in [0, 0.05) is 11.3 Å². The number of aryl methyl sites for hydroxylation is 1. The van der Waals surface area contributed by atoms with Gasteiger partial charge in [0.05, 0.1) is 27.8 Å². The largest absolute Gasteiger partial charge is 0.465 e. The molecule has 1 heterocycles. The van der Waals surface area contributed by atoms with E-state index in [4.69, 9.17) is 4.74 Å². The van der Waals surface area contributed by atoms with Crippen molar-refractivity contribution in [3.8, 4) is 0 Å². The second-order valence-corrected chi connectivity index (χ2v) is 9.86. The van der Waals surface area contributed by atoms with E-state index in [9.17, 15) is 18.0 Å². The molecule has 4 aromatic rings. The molecule has 4 rings (SSSR count). The summed E-state index contributed by atoms with van der Waals surface area (Å²) in [5.41, 5.74) is 2.67. The number of benzene rings is 3. The fourth-order valence-electron chi connectivity index (χ4n) is 3.01. The molecular formula is C23H19N3O5S2. The number of carbonyl (C=O) groups is 2. The van der Waals surface area contributed by atoms with E-state index in [1.165, 1.54) is 54.8 Å². The molecule has 10 heteroatoms. The molecule has 0 saturated heterocycles. The van der Waals surface area contributed by atoms with Crippen LogP contribution in [-0.2, 0) is 14.8 Å². The van der Waals surface area contributed by atoms with Crippen LogP contribution in [0.2, 0.25) is 0 Å². The first kappa shape index (κ1) is 22.4. The summed E-state index contributed by atoms with van der Waals surface area (Å²) < 4.78 is 33.0. The van der Waals surface area contributed by atoms with E-state index < -0.39 is 21.9 Å². The molecule has 8 nitrogen and oxygen atoms in total. The number of ether oxygens (including phenoxy) is 1. The Morgan fingerprint density at radius 1 is 0.939 bits per heavy atom. The number of fused-ring (bicyclic) bond motifs is 1. The summed E-state index contributed by atoms with van der Waals surface area (Å²) in [6.45, 7) is 1.88. The SMILES string of the molecule is COC(=O)c1ccc2nc(NC(=O)c3ccc(NS(=O)(=O)c4ccc(C)cc4)cc3)sc2c1. The number of methoxy groups -OCH3 is 1. The molecule has 33 heavy (non-hydrogen) atoms. The van der Waals surface area contributed by atoms with Crippen LogP contribution in [0, 0.1) is 6.92 Å². The van der Waals surface area contributed by atoms with E-state index in [0.717, 1.165) is 10.3 Å². The number of anilines is 2. The average Bonchev–Trinajstić information content (AvgIpc) is 3.20. The van der Waals surface area contributed by atoms with Gasteiger partial charge in [0.25, 0.3) is 15.9 Å². The number of nitrogens with zero attached hydrogens (tertiary/aromatic N) is 1. The molecule has 0 unspecified atom stereocenters. The van der Waals surface area contributed by atoms with Crippen molar-refractivity contribution in [1.29, 1.82) is 0 Å². The Morgan fingerprint density at radius 3 is 2.27 bits per heavy atom. The van der Waals surface area contributed by atoms with Crippen LogP contribution in [0.3, 0.4) is 0 Å². The average molecular weight is 482 g/mol. The van der Waals surface area contributed by atoms with Crippen LogP contribution < -0.4 is 10.0 Å². The van der Waals surface area contributed by atoms with Crippen molar-refractivity contribution in [3.63, 3.8) is 0 Å². The maximum Gasteiger partial charge on any atom is 0.337 e. The number of thiazole rings is 1. The predicted molar refractivity (Wildman–Crippen MR) is 127 cm³/mol. The summed E-state index contributed by atoms with van der Waals surface area (Å²) in [4.78, 5) is 28.8. The Labute approximate surface area is 194 Å². The smallest absolute Gasteiger partial charge is 0.337 e. The second kappa shape index (κ2) is 9.00. The molecule has 0 aliphatic carbocycles. The van der Waals surface area contributed by atoms with Crippen molar-refractivity contribution >= 4 is 54.3 Å². The van der Waals surface area contributed by atoms with Gasteiger partial charge in [-0.1, -0.05) is 29.0 Å². The van der Waals surface area contributed by atoms with E-state index in [0.29, 0.717) is 27.5 Å². The lowest BCUT2D eigenvalue weighted by Crippen LogP contribution is -2.14. The molecule has 0 fully saturated rings. The summed E-state index contributed by atoms with van der Waals surface area (Å²) in [5, 5.41) is 3.10. The normalized spacial score (nSPS) is 11.2. The van der Waals surface area contributed by atoms with Gasteiger partial charge in [-0.05, 0) is 61.5 Å². The molecule has 0 atom stereocenters. The molecule has 0 aliphatic heterocycles. The second-order valence-electron chi connectivity index (χ2n) is 7.14. The number of esters is 1. The maximum absolute atomic E-state index is 12.6. The van der Waals surface area contributed by atoms with Crippen LogP contribution in [0.4, 0.5) is 10.8 Å². The zero-order valence-corrected chi connectivity index (χ0v) is 19.3. The van der Waals surface area contributed by atoms with E-state index in [1.54, 1.807) is 30.3 Å². The maximum atomic E-state index is 12.6. The monoisotopic (exact) mass is 481 g/mol. The molecule has 0 aliphatic rings. The van der Waals surface area contributed by atoms with E-state index in [2.05, 4.69) is 15.0 Å². The molecule has 3 aromatic carbocycles. The zero-order valence-electron chi connectivity index (χ0n) is 17.7. The van der Waals surface area contributed by atoms with Crippen LogP contribution in [-0.4, -0.2) is 32.4 Å². The number of hydrogen-bond donors (Lipinski definition) is 2. The Kier molecular flexibility index (Phi) is 6.12. The van der Waals surface area contributed by atoms with E-state index >= 15 is 0 Å². The van der Waals surface area contributed by atoms with E-state index in [1.807, 2.05) is 6.92 Å². The van der Waals surface area contributed by atoms with Crippen LogP contribution in [0.1, 0.15) is 26.3 Å². The van der Waals surface area contributed by atoms with Gasteiger partial charge in [-0.3, -0.25) is 14.8 Å². The minimum atomic E-state index is -3.73. The predicted octanol–water partition coefficient (Wildman–Crippen LogP) is 4.44. The quantitative estimate of drug-likeness (QED) is 0.394. The first-order valence-corrected chi connectivity index (χ1v) is 12.0. The third kappa shape index (κ3) is 5.02. The third-order valence-electron chi connectivity index (χ3n) is 4.76. The lowest BCUT2D eigenvalue weighted by molar-refractivity contribution is 0.0600. The number of rotatable bonds is 6. The molecule has 168 valence electrons. The lowest BCUT2D eigenvalue weighted by Gasteiger charge is -2.09. The Hall–Kier alpha value is -3.76. The summed E-state index contributed by atoms with van der Waals surface area (Å²) in [7, 11) is -2.42. The number of amides is 1. The summed E-state index contributed by atoms with van der Waals surface area (Å²) >= 11 is 1.23. The van der Waals surface area contributed by atoms with Gasteiger partial charge in [0.1, 0.15) is 0 Å². The highest BCUT2D eigenvalue weighted by molar-refractivity contribution is 7.92. The Bertz CT molecular complexity index is 1440. The molecule has 0 spiro atoms. The summed E-state index contributed by atoms with van der Waals surface area (Å²) in [6, 6.07) is 17.5. The van der Waals surface area contributed by atoms with Crippen molar-refractivity contribution in [2.75, 3.05) is 17.1 Å². The first-order valence-electron chi connectivity index (χ1n) is 9.75. The Balaban J connectivity index is 1.46. The van der Waals surface area contributed by atoms with Crippen LogP contribution in [0.15, 0.2) is 71.6 Å². The minimum absolute atomic E-state index is 0.154. The third-order valence-corrected chi connectivity index (χ3v) is 7.09. The number of sulfonamides is 1. The van der Waals surface area contributed by atoms with Crippen molar-refractivity contribution in [3.05, 3.63) is 83.4 Å².